The van der Waals surface area contributed by atoms with E-state index in [-0.39, 0.29) is 24.0 Å². The number of nitrogens with one attached hydrogen (secondary N) is 1. The van der Waals surface area contributed by atoms with Gasteiger partial charge in [-0.2, -0.15) is 0 Å². The number of aliphatic carboxylic acids is 1. The van der Waals surface area contributed by atoms with Gasteiger partial charge in [-0.1, -0.05) is 0 Å². The predicted octanol–water partition coefficient (Wildman–Crippen LogP) is 1.19. The first-order valence-corrected chi connectivity index (χ1v) is 6.48. The van der Waals surface area contributed by atoms with Crippen molar-refractivity contribution in [2.75, 3.05) is 0 Å². The second-order valence-corrected chi connectivity index (χ2v) is 5.46. The maximum absolute atomic E-state index is 12.1. The molecule has 0 spiro atoms. The zero-order valence-corrected chi connectivity index (χ0v) is 9.76. The Morgan fingerprint density at radius 2 is 1.94 bits per heavy atom. The fourth-order valence-corrected chi connectivity index (χ4v) is 3.37. The number of urea groups is 1. The van der Waals surface area contributed by atoms with Crippen LogP contribution in [0.25, 0.3) is 0 Å². The average Bonchev–Trinajstić information content (AvgIpc) is 2.80. The summed E-state index contributed by atoms with van der Waals surface area (Å²) in [6.45, 7) is 0. The van der Waals surface area contributed by atoms with Gasteiger partial charge in [-0.15, -0.1) is 0 Å². The molecular weight excluding hydrogens is 220 g/mol. The standard InChI is InChI=1S/C12H18N2O3/c15-11(16)9-6-8-4-5-10(9)14(8)12(17)13-7-2-1-3-7/h7-10H,1-6H2,(H,13,17)(H,15,16). The first-order chi connectivity index (χ1) is 8.16. The lowest BCUT2D eigenvalue weighted by Crippen LogP contribution is -2.49. The largest absolute Gasteiger partial charge is 0.481 e. The maximum atomic E-state index is 12.1. The van der Waals surface area contributed by atoms with Gasteiger partial charge in [0.25, 0.3) is 0 Å². The highest BCUT2D eigenvalue weighted by Gasteiger charge is 2.51. The van der Waals surface area contributed by atoms with Crippen LogP contribution in [-0.2, 0) is 4.79 Å². The van der Waals surface area contributed by atoms with E-state index in [4.69, 9.17) is 5.11 Å². The molecule has 0 radical (unpaired) electrons. The van der Waals surface area contributed by atoms with Gasteiger partial charge in [0.2, 0.25) is 0 Å². The van der Waals surface area contributed by atoms with Crippen molar-refractivity contribution < 1.29 is 14.7 Å². The Balaban J connectivity index is 1.67. The Morgan fingerprint density at radius 1 is 1.18 bits per heavy atom. The molecule has 5 heteroatoms. The Bertz CT molecular complexity index is 354. The molecule has 3 rings (SSSR count). The van der Waals surface area contributed by atoms with Crippen molar-refractivity contribution in [3.8, 4) is 0 Å². The van der Waals surface area contributed by atoms with Crippen molar-refractivity contribution >= 4 is 12.0 Å². The fourth-order valence-electron chi connectivity index (χ4n) is 3.37. The molecule has 0 aromatic heterocycles. The number of carbonyl (C=O) groups is 2. The molecule has 3 fully saturated rings. The van der Waals surface area contributed by atoms with Gasteiger partial charge in [0.1, 0.15) is 0 Å². The summed E-state index contributed by atoms with van der Waals surface area (Å²) in [5, 5.41) is 12.1. The van der Waals surface area contributed by atoms with Crippen LogP contribution in [0.15, 0.2) is 0 Å². The van der Waals surface area contributed by atoms with Crippen LogP contribution >= 0.6 is 0 Å². The zero-order chi connectivity index (χ0) is 12.0. The smallest absolute Gasteiger partial charge is 0.318 e. The summed E-state index contributed by atoms with van der Waals surface area (Å²) in [5.41, 5.74) is 0. The number of fused-ring (bicyclic) bond motifs is 2. The van der Waals surface area contributed by atoms with Crippen LogP contribution in [0, 0.1) is 5.92 Å². The molecule has 5 nitrogen and oxygen atoms in total. The number of nitrogens with zero attached hydrogens (tertiary/aromatic N) is 1. The fraction of sp³-hybridized carbons (Fsp3) is 0.833. The molecule has 2 aliphatic heterocycles. The average molecular weight is 238 g/mol. The van der Waals surface area contributed by atoms with Crippen LogP contribution < -0.4 is 5.32 Å². The molecule has 3 unspecified atom stereocenters. The Labute approximate surface area is 100 Å². The van der Waals surface area contributed by atoms with Gasteiger partial charge in [0.05, 0.1) is 5.92 Å². The summed E-state index contributed by atoms with van der Waals surface area (Å²) in [6, 6.07) is 0.371. The van der Waals surface area contributed by atoms with Gasteiger partial charge >= 0.3 is 12.0 Å². The lowest BCUT2D eigenvalue weighted by atomic mass is 9.89. The molecule has 3 atom stereocenters. The minimum atomic E-state index is -0.751. The van der Waals surface area contributed by atoms with Gasteiger partial charge < -0.3 is 15.3 Å². The molecule has 1 aliphatic carbocycles. The van der Waals surface area contributed by atoms with E-state index in [0.717, 1.165) is 25.7 Å². The van der Waals surface area contributed by atoms with Gasteiger partial charge in [-0.25, -0.2) is 4.79 Å². The van der Waals surface area contributed by atoms with Gasteiger partial charge in [0, 0.05) is 18.1 Å². The van der Waals surface area contributed by atoms with Crippen LogP contribution in [0.5, 0.6) is 0 Å². The summed E-state index contributed by atoms with van der Waals surface area (Å²) in [5.74, 6) is -1.10. The molecule has 2 saturated heterocycles. The molecule has 1 saturated carbocycles. The normalized spacial score (nSPS) is 35.8. The van der Waals surface area contributed by atoms with Crippen molar-refractivity contribution in [2.24, 2.45) is 5.92 Å². The molecule has 94 valence electrons. The topological polar surface area (TPSA) is 69.6 Å². The van der Waals surface area contributed by atoms with Gasteiger partial charge in [-0.3, -0.25) is 4.79 Å². The molecule has 2 amide bonds. The van der Waals surface area contributed by atoms with Crippen LogP contribution in [0.3, 0.4) is 0 Å². The van der Waals surface area contributed by atoms with E-state index in [0.29, 0.717) is 12.5 Å². The second-order valence-electron chi connectivity index (χ2n) is 5.46. The third kappa shape index (κ3) is 1.68. The van der Waals surface area contributed by atoms with Crippen molar-refractivity contribution in [3.63, 3.8) is 0 Å². The molecule has 2 heterocycles. The molecule has 2 bridgehead atoms. The van der Waals surface area contributed by atoms with E-state index in [1.807, 2.05) is 0 Å². The predicted molar refractivity (Wildman–Crippen MR) is 60.6 cm³/mol. The van der Waals surface area contributed by atoms with E-state index < -0.39 is 5.97 Å². The van der Waals surface area contributed by atoms with E-state index in [1.165, 1.54) is 6.42 Å². The number of carbonyl (C=O) groups excluding carboxylic acids is 1. The zero-order valence-electron chi connectivity index (χ0n) is 9.76. The summed E-state index contributed by atoms with van der Waals surface area (Å²) < 4.78 is 0. The summed E-state index contributed by atoms with van der Waals surface area (Å²) in [4.78, 5) is 25.0. The molecule has 2 N–H and O–H groups in total. The Kier molecular flexibility index (Phi) is 2.49. The number of rotatable bonds is 2. The van der Waals surface area contributed by atoms with E-state index in [2.05, 4.69) is 5.32 Å². The van der Waals surface area contributed by atoms with E-state index in [1.54, 1.807) is 4.90 Å². The number of hydrogen-bond donors (Lipinski definition) is 2. The number of hydrogen-bond acceptors (Lipinski definition) is 2. The lowest BCUT2D eigenvalue weighted by molar-refractivity contribution is -0.142. The highest BCUT2D eigenvalue weighted by Crippen LogP contribution is 2.41. The number of carboxylic acids is 1. The molecule has 0 aromatic carbocycles. The highest BCUT2D eigenvalue weighted by molar-refractivity contribution is 5.79. The maximum Gasteiger partial charge on any atom is 0.318 e. The van der Waals surface area contributed by atoms with Gasteiger partial charge in [0.15, 0.2) is 0 Å². The SMILES string of the molecule is O=C(O)C1CC2CCC1N2C(=O)NC1CCC1. The van der Waals surface area contributed by atoms with E-state index >= 15 is 0 Å². The molecule has 0 aromatic rings. The van der Waals surface area contributed by atoms with Crippen LogP contribution in [0.4, 0.5) is 4.79 Å². The third-order valence-corrected chi connectivity index (χ3v) is 4.52. The summed E-state index contributed by atoms with van der Waals surface area (Å²) in [7, 11) is 0. The van der Waals surface area contributed by atoms with E-state index in [9.17, 15) is 9.59 Å². The quantitative estimate of drug-likeness (QED) is 0.759. The minimum absolute atomic E-state index is 0.0362. The first kappa shape index (κ1) is 10.9. The Morgan fingerprint density at radius 3 is 2.47 bits per heavy atom. The number of amides is 2. The second kappa shape index (κ2) is 3.89. The number of carboxylic acid groups (broad SMARTS) is 1. The van der Waals surface area contributed by atoms with Crippen molar-refractivity contribution in [1.82, 2.24) is 10.2 Å². The lowest BCUT2D eigenvalue weighted by Gasteiger charge is -2.31. The summed E-state index contributed by atoms with van der Waals surface area (Å²) in [6.07, 6.45) is 5.77. The highest BCUT2D eigenvalue weighted by atomic mass is 16.4. The monoisotopic (exact) mass is 238 g/mol. The molecule has 3 aliphatic rings. The third-order valence-electron chi connectivity index (χ3n) is 4.52. The first-order valence-electron chi connectivity index (χ1n) is 6.48. The minimum Gasteiger partial charge on any atom is -0.481 e. The van der Waals surface area contributed by atoms with Gasteiger partial charge in [-0.05, 0) is 38.5 Å². The van der Waals surface area contributed by atoms with Crippen molar-refractivity contribution in [3.05, 3.63) is 0 Å². The van der Waals surface area contributed by atoms with Crippen LogP contribution in [0.1, 0.15) is 38.5 Å². The van der Waals surface area contributed by atoms with Crippen LogP contribution in [-0.4, -0.2) is 40.1 Å². The van der Waals surface area contributed by atoms with Crippen LogP contribution in [0.2, 0.25) is 0 Å². The molecule has 17 heavy (non-hydrogen) atoms. The van der Waals surface area contributed by atoms with Crippen molar-refractivity contribution in [2.45, 2.75) is 56.7 Å². The Hall–Kier alpha value is -1.26. The molecular formula is C12H18N2O3. The van der Waals surface area contributed by atoms with Crippen molar-refractivity contribution in [1.29, 1.82) is 0 Å². The summed E-state index contributed by atoms with van der Waals surface area (Å²) >= 11 is 0.